The van der Waals surface area contributed by atoms with Gasteiger partial charge in [-0.3, -0.25) is 9.78 Å². The molecule has 1 amide bonds. The van der Waals surface area contributed by atoms with Crippen LogP contribution in [0.1, 0.15) is 34.3 Å². The smallest absolute Gasteiger partial charge is 0.458 e. The number of benzene rings is 1. The summed E-state index contributed by atoms with van der Waals surface area (Å²) in [6.45, 7) is 1.52. The summed E-state index contributed by atoms with van der Waals surface area (Å²) in [5.41, 5.74) is -0.515. The number of likely N-dealkylation sites (tertiary alicyclic amines) is 1. The number of aliphatic hydroxyl groups excluding tert-OH is 1. The molecule has 1 fully saturated rings. The summed E-state index contributed by atoms with van der Waals surface area (Å²) < 4.78 is 73.5. The lowest BCUT2D eigenvalue weighted by atomic mass is 10.1. The highest BCUT2D eigenvalue weighted by atomic mass is 19.4. The van der Waals surface area contributed by atoms with Crippen molar-refractivity contribution in [3.63, 3.8) is 0 Å². The average Bonchev–Trinajstić information content (AvgIpc) is 3.44. The predicted octanol–water partition coefficient (Wildman–Crippen LogP) is 4.83. The zero-order valence-corrected chi connectivity index (χ0v) is 21.3. The van der Waals surface area contributed by atoms with E-state index in [-0.39, 0.29) is 23.6 Å². The summed E-state index contributed by atoms with van der Waals surface area (Å²) in [7, 11) is 0. The fourth-order valence-corrected chi connectivity index (χ4v) is 4.25. The number of amides is 1. The molecular weight excluding hydrogens is 537 g/mol. The number of ether oxygens (including phenoxy) is 1. The van der Waals surface area contributed by atoms with Gasteiger partial charge >= 0.3 is 12.1 Å². The molecular formula is C27H28F5N5O3. The molecule has 3 heterocycles. The number of alkyl halides is 5. The van der Waals surface area contributed by atoms with Crippen molar-refractivity contribution in [3.8, 4) is 5.75 Å². The number of aliphatic hydroxyl groups is 1. The summed E-state index contributed by atoms with van der Waals surface area (Å²) in [6.07, 6.45) is -0.396. The van der Waals surface area contributed by atoms with Gasteiger partial charge in [0.15, 0.2) is 0 Å². The van der Waals surface area contributed by atoms with Gasteiger partial charge in [-0.05, 0) is 67.9 Å². The fraction of sp³-hybridized carbons (Fsp3) is 0.370. The number of anilines is 2. The number of nitrogens with one attached hydrogen (secondary N) is 2. The van der Waals surface area contributed by atoms with Crippen LogP contribution in [0.25, 0.3) is 0 Å². The minimum atomic E-state index is -5.88. The predicted molar refractivity (Wildman–Crippen MR) is 137 cm³/mol. The monoisotopic (exact) mass is 565 g/mol. The highest BCUT2D eigenvalue weighted by Crippen LogP contribution is 2.47. The second kappa shape index (κ2) is 12.6. The largest absolute Gasteiger partial charge is 0.490 e. The summed E-state index contributed by atoms with van der Waals surface area (Å²) in [4.78, 5) is 23.1. The Labute approximate surface area is 227 Å². The number of β-amino-alcohol motifs (C(OH)–C–C–N with tert-alkyl or cyclic N) is 1. The average molecular weight is 566 g/mol. The number of hydrogen-bond donors (Lipinski definition) is 3. The number of nitrogens with zero attached hydrogens (tertiary/aromatic N) is 3. The number of aromatic nitrogens is 2. The minimum absolute atomic E-state index is 0.0836. The SMILES string of the molecule is O=C(Nc1ccc(C(F)(F)C(F)(F)F)c(OC[C@@H](O)CN2CCCC2)c1)c1cccnc1NCc1ccncc1. The first-order chi connectivity index (χ1) is 19.0. The maximum absolute atomic E-state index is 14.3. The third-order valence-corrected chi connectivity index (χ3v) is 6.29. The van der Waals surface area contributed by atoms with E-state index in [4.69, 9.17) is 4.74 Å². The molecule has 0 aliphatic carbocycles. The van der Waals surface area contributed by atoms with E-state index in [0.717, 1.165) is 43.6 Å². The molecule has 1 aliphatic heterocycles. The number of carbonyl (C=O) groups excluding carboxylic acids is 1. The van der Waals surface area contributed by atoms with E-state index in [9.17, 15) is 31.9 Å². The molecule has 8 nitrogen and oxygen atoms in total. The van der Waals surface area contributed by atoms with Crippen molar-refractivity contribution in [2.75, 3.05) is 36.9 Å². The Bertz CT molecular complexity index is 1290. The highest BCUT2D eigenvalue weighted by Gasteiger charge is 2.60. The normalized spacial score (nSPS) is 15.1. The molecule has 214 valence electrons. The van der Waals surface area contributed by atoms with Crippen molar-refractivity contribution >= 4 is 17.4 Å². The van der Waals surface area contributed by atoms with E-state index < -0.39 is 42.0 Å². The van der Waals surface area contributed by atoms with Crippen LogP contribution in [-0.2, 0) is 12.5 Å². The van der Waals surface area contributed by atoms with Gasteiger partial charge in [-0.25, -0.2) is 4.98 Å². The molecule has 1 aliphatic rings. The van der Waals surface area contributed by atoms with E-state index in [1.165, 1.54) is 18.3 Å². The lowest BCUT2D eigenvalue weighted by molar-refractivity contribution is -0.289. The molecule has 0 unspecified atom stereocenters. The van der Waals surface area contributed by atoms with Crippen molar-refractivity contribution in [1.29, 1.82) is 0 Å². The quantitative estimate of drug-likeness (QED) is 0.287. The topological polar surface area (TPSA) is 99.6 Å². The molecule has 0 bridgehead atoms. The van der Waals surface area contributed by atoms with Crippen LogP contribution in [0.4, 0.5) is 33.5 Å². The van der Waals surface area contributed by atoms with Gasteiger partial charge in [0.05, 0.1) is 11.1 Å². The van der Waals surface area contributed by atoms with E-state index in [0.29, 0.717) is 12.6 Å². The van der Waals surface area contributed by atoms with Gasteiger partial charge in [0, 0.05) is 43.4 Å². The Morgan fingerprint density at radius 3 is 2.48 bits per heavy atom. The number of halogens is 5. The second-order valence-electron chi connectivity index (χ2n) is 9.32. The molecule has 1 aromatic carbocycles. The van der Waals surface area contributed by atoms with Crippen molar-refractivity contribution in [1.82, 2.24) is 14.9 Å². The Morgan fingerprint density at radius 1 is 1.05 bits per heavy atom. The van der Waals surface area contributed by atoms with E-state index in [1.807, 2.05) is 4.90 Å². The first-order valence-corrected chi connectivity index (χ1v) is 12.6. The zero-order valence-electron chi connectivity index (χ0n) is 21.3. The van der Waals surface area contributed by atoms with Gasteiger partial charge in [-0.1, -0.05) is 0 Å². The maximum atomic E-state index is 14.3. The molecule has 0 spiro atoms. The third kappa shape index (κ3) is 7.21. The van der Waals surface area contributed by atoms with E-state index in [1.54, 1.807) is 24.5 Å². The molecule has 0 radical (unpaired) electrons. The summed E-state index contributed by atoms with van der Waals surface area (Å²) in [5.74, 6) is -6.47. The molecule has 3 aromatic rings. The third-order valence-electron chi connectivity index (χ3n) is 6.29. The van der Waals surface area contributed by atoms with Crippen molar-refractivity contribution in [3.05, 3.63) is 77.7 Å². The minimum Gasteiger partial charge on any atom is -0.490 e. The Kier molecular flexibility index (Phi) is 9.15. The number of pyridine rings is 2. The second-order valence-corrected chi connectivity index (χ2v) is 9.32. The lowest BCUT2D eigenvalue weighted by Crippen LogP contribution is -2.36. The van der Waals surface area contributed by atoms with Gasteiger partial charge in [0.1, 0.15) is 24.3 Å². The highest BCUT2D eigenvalue weighted by molar-refractivity contribution is 6.07. The van der Waals surface area contributed by atoms with Crippen LogP contribution in [0, 0.1) is 0 Å². The van der Waals surface area contributed by atoms with Crippen LogP contribution < -0.4 is 15.4 Å². The van der Waals surface area contributed by atoms with Crippen molar-refractivity contribution < 1.29 is 36.6 Å². The first kappa shape index (κ1) is 29.2. The van der Waals surface area contributed by atoms with E-state index in [2.05, 4.69) is 20.6 Å². The van der Waals surface area contributed by atoms with Crippen LogP contribution in [0.2, 0.25) is 0 Å². The summed E-state index contributed by atoms with van der Waals surface area (Å²) in [6, 6.07) is 8.92. The van der Waals surface area contributed by atoms with Gasteiger partial charge in [0.2, 0.25) is 0 Å². The molecule has 13 heteroatoms. The maximum Gasteiger partial charge on any atom is 0.458 e. The molecule has 1 atom stereocenters. The van der Waals surface area contributed by atoms with Crippen LogP contribution in [0.3, 0.4) is 0 Å². The standard InChI is InChI=1S/C27H28F5N5O3/c28-26(29,27(30,31)32)22-6-5-19(14-23(22)40-17-20(38)16-37-12-1-2-13-37)36-25(39)21-4-3-9-34-24(21)35-15-18-7-10-33-11-8-18/h3-11,14,20,38H,1-2,12-13,15-17H2,(H,34,35)(H,36,39)/t20-/m0/s1. The van der Waals surface area contributed by atoms with Crippen LogP contribution in [-0.4, -0.2) is 64.4 Å². The Morgan fingerprint density at radius 2 is 1.77 bits per heavy atom. The van der Waals surface area contributed by atoms with Gasteiger partial charge in [0.25, 0.3) is 5.91 Å². The zero-order chi connectivity index (χ0) is 28.8. The summed E-state index contributed by atoms with van der Waals surface area (Å²) in [5, 5.41) is 15.8. The Balaban J connectivity index is 1.52. The van der Waals surface area contributed by atoms with Crippen LogP contribution >= 0.6 is 0 Å². The summed E-state index contributed by atoms with van der Waals surface area (Å²) >= 11 is 0. The van der Waals surface area contributed by atoms with Gasteiger partial charge in [-0.15, -0.1) is 0 Å². The fourth-order valence-electron chi connectivity index (χ4n) is 4.25. The van der Waals surface area contributed by atoms with Crippen molar-refractivity contribution in [2.45, 2.75) is 37.6 Å². The first-order valence-electron chi connectivity index (χ1n) is 12.6. The molecule has 1 saturated heterocycles. The van der Waals surface area contributed by atoms with Crippen LogP contribution in [0.15, 0.2) is 61.1 Å². The number of rotatable bonds is 11. The molecule has 4 rings (SSSR count). The molecule has 40 heavy (non-hydrogen) atoms. The molecule has 0 saturated carbocycles. The van der Waals surface area contributed by atoms with Crippen molar-refractivity contribution in [2.24, 2.45) is 0 Å². The molecule has 2 aromatic heterocycles. The number of carbonyl (C=O) groups is 1. The molecule has 3 N–H and O–H groups in total. The van der Waals surface area contributed by atoms with E-state index >= 15 is 0 Å². The number of hydrogen-bond acceptors (Lipinski definition) is 7. The van der Waals surface area contributed by atoms with Gasteiger partial charge < -0.3 is 25.4 Å². The van der Waals surface area contributed by atoms with Gasteiger partial charge in [-0.2, -0.15) is 22.0 Å². The Hall–Kier alpha value is -3.84. The lowest BCUT2D eigenvalue weighted by Gasteiger charge is -2.24. The van der Waals surface area contributed by atoms with Crippen LogP contribution in [0.5, 0.6) is 5.75 Å².